The Bertz CT molecular complexity index is 375. The molecule has 2 atom stereocenters. The molecule has 1 nitrogen and oxygen atoms in total. The molecule has 100 valence electrons. The number of thioether (sulfide) groups is 1. The van der Waals surface area contributed by atoms with E-state index in [4.69, 9.17) is 0 Å². The van der Waals surface area contributed by atoms with Crippen LogP contribution in [0.3, 0.4) is 0 Å². The Balaban J connectivity index is 2.28. The van der Waals surface area contributed by atoms with Crippen molar-refractivity contribution in [1.82, 2.24) is 5.32 Å². The minimum absolute atomic E-state index is 0.529. The molecular formula is C16H25NS. The van der Waals surface area contributed by atoms with Crippen LogP contribution in [0.1, 0.15) is 50.8 Å². The van der Waals surface area contributed by atoms with Crippen molar-refractivity contribution in [2.75, 3.05) is 6.54 Å². The first-order valence-corrected chi connectivity index (χ1v) is 8.13. The molecule has 0 spiro atoms. The molecule has 2 heteroatoms. The van der Waals surface area contributed by atoms with E-state index in [0.29, 0.717) is 16.5 Å². The third kappa shape index (κ3) is 3.30. The highest BCUT2D eigenvalue weighted by Crippen LogP contribution is 2.37. The molecule has 0 aromatic heterocycles. The van der Waals surface area contributed by atoms with E-state index < -0.39 is 0 Å². The van der Waals surface area contributed by atoms with Crippen LogP contribution >= 0.6 is 11.8 Å². The Morgan fingerprint density at radius 3 is 2.83 bits per heavy atom. The summed E-state index contributed by atoms with van der Waals surface area (Å²) in [4.78, 5) is 0. The van der Waals surface area contributed by atoms with Crippen LogP contribution < -0.4 is 5.32 Å². The summed E-state index contributed by atoms with van der Waals surface area (Å²) in [6, 6.07) is 9.52. The zero-order valence-electron chi connectivity index (χ0n) is 11.8. The summed E-state index contributed by atoms with van der Waals surface area (Å²) in [5.41, 5.74) is 3.09. The summed E-state index contributed by atoms with van der Waals surface area (Å²) in [7, 11) is 0. The van der Waals surface area contributed by atoms with Crippen molar-refractivity contribution >= 4 is 11.8 Å². The van der Waals surface area contributed by atoms with Crippen molar-refractivity contribution in [3.63, 3.8) is 0 Å². The molecule has 1 N–H and O–H groups in total. The number of rotatable bonds is 4. The van der Waals surface area contributed by atoms with Crippen LogP contribution in [0.25, 0.3) is 0 Å². The summed E-state index contributed by atoms with van der Waals surface area (Å²) in [5.74, 6) is 0. The number of nitrogens with one attached hydrogen (secondary N) is 1. The number of hydrogen-bond donors (Lipinski definition) is 1. The van der Waals surface area contributed by atoms with Crippen molar-refractivity contribution in [2.24, 2.45) is 0 Å². The molecule has 1 aromatic rings. The second-order valence-electron chi connectivity index (χ2n) is 5.35. The molecule has 0 radical (unpaired) electrons. The minimum Gasteiger partial charge on any atom is -0.309 e. The molecule has 0 amide bonds. The van der Waals surface area contributed by atoms with Gasteiger partial charge in [-0.05, 0) is 42.2 Å². The van der Waals surface area contributed by atoms with Gasteiger partial charge in [0.2, 0.25) is 0 Å². The van der Waals surface area contributed by atoms with Crippen LogP contribution in [0.5, 0.6) is 0 Å². The van der Waals surface area contributed by atoms with Gasteiger partial charge >= 0.3 is 0 Å². The minimum atomic E-state index is 0.529. The van der Waals surface area contributed by atoms with Crippen molar-refractivity contribution < 1.29 is 0 Å². The van der Waals surface area contributed by atoms with Gasteiger partial charge in [-0.15, -0.1) is 0 Å². The molecule has 1 aliphatic rings. The monoisotopic (exact) mass is 263 g/mol. The SMILES string of the molecule is CCNC1c2ccccc2CCCC1SC(C)C. The first kappa shape index (κ1) is 14.0. The van der Waals surface area contributed by atoms with Crippen molar-refractivity contribution in [1.29, 1.82) is 0 Å². The Hall–Kier alpha value is -0.470. The molecule has 2 unspecified atom stereocenters. The average molecular weight is 263 g/mol. The lowest BCUT2D eigenvalue weighted by Crippen LogP contribution is -2.30. The van der Waals surface area contributed by atoms with E-state index in [2.05, 4.69) is 62.1 Å². The molecule has 0 heterocycles. The first-order chi connectivity index (χ1) is 8.72. The molecule has 0 saturated carbocycles. The maximum atomic E-state index is 3.72. The van der Waals surface area contributed by atoms with Gasteiger partial charge in [-0.2, -0.15) is 11.8 Å². The third-order valence-corrected chi connectivity index (χ3v) is 4.97. The van der Waals surface area contributed by atoms with Gasteiger partial charge < -0.3 is 5.32 Å². The highest BCUT2D eigenvalue weighted by Gasteiger charge is 2.27. The average Bonchev–Trinajstić information content (AvgIpc) is 2.50. The van der Waals surface area contributed by atoms with E-state index in [-0.39, 0.29) is 0 Å². The van der Waals surface area contributed by atoms with Crippen LogP contribution in [0.15, 0.2) is 24.3 Å². The van der Waals surface area contributed by atoms with Crippen molar-refractivity contribution in [3.8, 4) is 0 Å². The normalized spacial score (nSPS) is 23.8. The maximum absolute atomic E-state index is 3.72. The van der Waals surface area contributed by atoms with Gasteiger partial charge in [-0.3, -0.25) is 0 Å². The number of hydrogen-bond acceptors (Lipinski definition) is 2. The summed E-state index contributed by atoms with van der Waals surface area (Å²) in [6.45, 7) is 7.88. The van der Waals surface area contributed by atoms with E-state index in [1.165, 1.54) is 24.8 Å². The third-order valence-electron chi connectivity index (χ3n) is 3.57. The van der Waals surface area contributed by atoms with Gasteiger partial charge in [0.1, 0.15) is 0 Å². The van der Waals surface area contributed by atoms with Gasteiger partial charge in [-0.1, -0.05) is 45.0 Å². The molecule has 0 aliphatic heterocycles. The van der Waals surface area contributed by atoms with Crippen LogP contribution in [-0.2, 0) is 6.42 Å². The zero-order valence-corrected chi connectivity index (χ0v) is 12.6. The predicted octanol–water partition coefficient (Wildman–Crippen LogP) is 4.18. The van der Waals surface area contributed by atoms with Crippen LogP contribution in [0, 0.1) is 0 Å². The number of fused-ring (bicyclic) bond motifs is 1. The Morgan fingerprint density at radius 2 is 2.11 bits per heavy atom. The lowest BCUT2D eigenvalue weighted by atomic mass is 9.99. The second kappa shape index (κ2) is 6.63. The van der Waals surface area contributed by atoms with Crippen LogP contribution in [-0.4, -0.2) is 17.0 Å². The predicted molar refractivity (Wildman–Crippen MR) is 82.3 cm³/mol. The van der Waals surface area contributed by atoms with E-state index in [9.17, 15) is 0 Å². The smallest absolute Gasteiger partial charge is 0.0443 e. The largest absolute Gasteiger partial charge is 0.309 e. The standard InChI is InChI=1S/C16H25NS/c1-4-17-16-14-10-6-5-8-13(14)9-7-11-15(16)18-12(2)3/h5-6,8,10,12,15-17H,4,7,9,11H2,1-3H3. The van der Waals surface area contributed by atoms with Crippen LogP contribution in [0.4, 0.5) is 0 Å². The van der Waals surface area contributed by atoms with Crippen molar-refractivity contribution in [2.45, 2.75) is 56.6 Å². The molecular weight excluding hydrogens is 238 g/mol. The zero-order chi connectivity index (χ0) is 13.0. The first-order valence-electron chi connectivity index (χ1n) is 7.19. The van der Waals surface area contributed by atoms with Gasteiger partial charge in [0, 0.05) is 11.3 Å². The maximum Gasteiger partial charge on any atom is 0.0443 e. The molecule has 0 fully saturated rings. The van der Waals surface area contributed by atoms with Gasteiger partial charge in [-0.25, -0.2) is 0 Å². The molecule has 1 aliphatic carbocycles. The number of benzene rings is 1. The topological polar surface area (TPSA) is 12.0 Å². The molecule has 1 aromatic carbocycles. The quantitative estimate of drug-likeness (QED) is 0.818. The summed E-state index contributed by atoms with van der Waals surface area (Å²) >= 11 is 2.14. The molecule has 0 bridgehead atoms. The van der Waals surface area contributed by atoms with E-state index in [1.54, 1.807) is 5.56 Å². The van der Waals surface area contributed by atoms with Gasteiger partial charge in [0.05, 0.1) is 0 Å². The molecule has 18 heavy (non-hydrogen) atoms. The fourth-order valence-corrected chi connectivity index (χ4v) is 4.29. The summed E-state index contributed by atoms with van der Waals surface area (Å²) in [6.07, 6.45) is 3.89. The second-order valence-corrected chi connectivity index (χ2v) is 7.17. The fourth-order valence-electron chi connectivity index (χ4n) is 2.88. The van der Waals surface area contributed by atoms with Crippen molar-refractivity contribution in [3.05, 3.63) is 35.4 Å². The highest BCUT2D eigenvalue weighted by molar-refractivity contribution is 8.00. The molecule has 0 saturated heterocycles. The lowest BCUT2D eigenvalue weighted by molar-refractivity contribution is 0.516. The Labute approximate surface area is 116 Å². The summed E-state index contributed by atoms with van der Waals surface area (Å²) in [5, 5.41) is 5.14. The van der Waals surface area contributed by atoms with E-state index >= 15 is 0 Å². The van der Waals surface area contributed by atoms with Gasteiger partial charge in [0.15, 0.2) is 0 Å². The Kier molecular flexibility index (Phi) is 5.13. The molecule has 2 rings (SSSR count). The van der Waals surface area contributed by atoms with Crippen LogP contribution in [0.2, 0.25) is 0 Å². The fraction of sp³-hybridized carbons (Fsp3) is 0.625. The highest BCUT2D eigenvalue weighted by atomic mass is 32.2. The Morgan fingerprint density at radius 1 is 1.33 bits per heavy atom. The van der Waals surface area contributed by atoms with Gasteiger partial charge in [0.25, 0.3) is 0 Å². The number of aryl methyl sites for hydroxylation is 1. The summed E-state index contributed by atoms with van der Waals surface area (Å²) < 4.78 is 0. The lowest BCUT2D eigenvalue weighted by Gasteiger charge is -2.28. The van der Waals surface area contributed by atoms with E-state index in [1.807, 2.05) is 0 Å². The van der Waals surface area contributed by atoms with E-state index in [0.717, 1.165) is 6.54 Å².